The maximum Gasteiger partial charge on any atom is 0.142 e. The van der Waals surface area contributed by atoms with Crippen molar-refractivity contribution in [3.05, 3.63) is 33.8 Å². The van der Waals surface area contributed by atoms with Gasteiger partial charge in [-0.05, 0) is 11.6 Å². The van der Waals surface area contributed by atoms with E-state index in [0.29, 0.717) is 16.5 Å². The van der Waals surface area contributed by atoms with E-state index in [1.165, 1.54) is 0 Å². The molecule has 2 nitrogen and oxygen atoms in total. The Labute approximate surface area is 98.6 Å². The Morgan fingerprint density at radius 2 is 2.13 bits per heavy atom. The molecule has 0 unspecified atom stereocenters. The molecule has 80 valence electrons. The van der Waals surface area contributed by atoms with Crippen molar-refractivity contribution in [2.45, 2.75) is 6.42 Å². The molecule has 1 aliphatic rings. The van der Waals surface area contributed by atoms with E-state index in [9.17, 15) is 4.79 Å². The van der Waals surface area contributed by atoms with E-state index < -0.39 is 0 Å². The van der Waals surface area contributed by atoms with Crippen LogP contribution in [0.5, 0.6) is 0 Å². The maximum atomic E-state index is 11.7. The van der Waals surface area contributed by atoms with Gasteiger partial charge in [0.2, 0.25) is 0 Å². The molecule has 0 radical (unpaired) electrons. The predicted octanol–water partition coefficient (Wildman–Crippen LogP) is 2.32. The number of carbonyl (C=O) groups excluding carboxylic acids is 1. The summed E-state index contributed by atoms with van der Waals surface area (Å²) in [7, 11) is 0. The zero-order chi connectivity index (χ0) is 10.8. The molecule has 15 heavy (non-hydrogen) atoms. The molecule has 0 saturated carbocycles. The monoisotopic (exact) mass is 243 g/mol. The van der Waals surface area contributed by atoms with Gasteiger partial charge in [-0.15, -0.1) is 0 Å². The highest BCUT2D eigenvalue weighted by Gasteiger charge is 2.25. The molecule has 1 N–H and O–H groups in total. The Hall–Kier alpha value is -0.570. The van der Waals surface area contributed by atoms with E-state index >= 15 is 0 Å². The van der Waals surface area contributed by atoms with Crippen LogP contribution in [0.3, 0.4) is 0 Å². The van der Waals surface area contributed by atoms with Gasteiger partial charge in [0, 0.05) is 25.4 Å². The number of nitrogens with one attached hydrogen (secondary N) is 1. The largest absolute Gasteiger partial charge is 0.315 e. The van der Waals surface area contributed by atoms with E-state index in [2.05, 4.69) is 5.32 Å². The second-order valence-electron chi connectivity index (χ2n) is 3.71. The number of benzene rings is 1. The fourth-order valence-electron chi connectivity index (χ4n) is 1.53. The van der Waals surface area contributed by atoms with E-state index in [0.717, 1.165) is 18.7 Å². The lowest BCUT2D eigenvalue weighted by molar-refractivity contribution is -0.123. The summed E-state index contributed by atoms with van der Waals surface area (Å²) in [5, 5.41) is 4.08. The minimum atomic E-state index is 0.153. The van der Waals surface area contributed by atoms with Crippen molar-refractivity contribution in [2.24, 2.45) is 5.92 Å². The van der Waals surface area contributed by atoms with Crippen molar-refractivity contribution >= 4 is 29.0 Å². The maximum absolute atomic E-state index is 11.7. The van der Waals surface area contributed by atoms with Crippen molar-refractivity contribution in [1.82, 2.24) is 5.32 Å². The molecule has 1 aromatic rings. The molecule has 0 aromatic heterocycles. The van der Waals surface area contributed by atoms with Crippen LogP contribution in [-0.4, -0.2) is 18.9 Å². The van der Waals surface area contributed by atoms with Crippen LogP contribution in [0.1, 0.15) is 5.56 Å². The first-order chi connectivity index (χ1) is 7.18. The second kappa shape index (κ2) is 4.52. The summed E-state index contributed by atoms with van der Waals surface area (Å²) in [4.78, 5) is 11.7. The lowest BCUT2D eigenvalue weighted by Crippen LogP contribution is -2.47. The molecule has 0 amide bonds. The van der Waals surface area contributed by atoms with Gasteiger partial charge in [-0.3, -0.25) is 4.79 Å². The van der Waals surface area contributed by atoms with E-state index in [1.807, 2.05) is 12.1 Å². The number of rotatable bonds is 3. The number of ketones is 1. The number of halogens is 2. The van der Waals surface area contributed by atoms with Crippen molar-refractivity contribution in [2.75, 3.05) is 13.1 Å². The Bertz CT molecular complexity index is 388. The molecular formula is C11H11Cl2NO. The molecule has 4 heteroatoms. The summed E-state index contributed by atoms with van der Waals surface area (Å²) in [6, 6.07) is 5.39. The van der Waals surface area contributed by atoms with Crippen LogP contribution in [0.15, 0.2) is 18.2 Å². The summed E-state index contributed by atoms with van der Waals surface area (Å²) in [6.07, 6.45) is 0.381. The SMILES string of the molecule is O=C(Cc1cccc(Cl)c1Cl)C1CNC1. The molecule has 0 spiro atoms. The fraction of sp³-hybridized carbons (Fsp3) is 0.364. The van der Waals surface area contributed by atoms with Crippen molar-refractivity contribution in [1.29, 1.82) is 0 Å². The Kier molecular flexibility index (Phi) is 3.29. The van der Waals surface area contributed by atoms with Gasteiger partial charge in [0.15, 0.2) is 0 Å². The minimum absolute atomic E-state index is 0.153. The molecule has 1 aromatic carbocycles. The number of hydrogen-bond donors (Lipinski definition) is 1. The summed E-state index contributed by atoms with van der Waals surface area (Å²) in [5.41, 5.74) is 0.820. The smallest absolute Gasteiger partial charge is 0.142 e. The molecule has 0 atom stereocenters. The molecule has 0 aliphatic carbocycles. The van der Waals surface area contributed by atoms with Gasteiger partial charge in [-0.25, -0.2) is 0 Å². The zero-order valence-electron chi connectivity index (χ0n) is 8.09. The van der Waals surface area contributed by atoms with Gasteiger partial charge in [-0.2, -0.15) is 0 Å². The summed E-state index contributed by atoms with van der Waals surface area (Å²) >= 11 is 11.9. The highest BCUT2D eigenvalue weighted by Crippen LogP contribution is 2.26. The summed E-state index contributed by atoms with van der Waals surface area (Å²) < 4.78 is 0. The molecule has 2 rings (SSSR count). The molecule has 1 fully saturated rings. The third kappa shape index (κ3) is 2.33. The van der Waals surface area contributed by atoms with Crippen LogP contribution < -0.4 is 5.32 Å². The topological polar surface area (TPSA) is 29.1 Å². The highest BCUT2D eigenvalue weighted by molar-refractivity contribution is 6.42. The highest BCUT2D eigenvalue weighted by atomic mass is 35.5. The lowest BCUT2D eigenvalue weighted by Gasteiger charge is -2.25. The van der Waals surface area contributed by atoms with Crippen LogP contribution in [0.4, 0.5) is 0 Å². The van der Waals surface area contributed by atoms with Gasteiger partial charge >= 0.3 is 0 Å². The van der Waals surface area contributed by atoms with Crippen LogP contribution >= 0.6 is 23.2 Å². The summed E-state index contributed by atoms with van der Waals surface area (Å²) in [5.74, 6) is 0.387. The van der Waals surface area contributed by atoms with Gasteiger partial charge in [-0.1, -0.05) is 35.3 Å². The molecule has 0 bridgehead atoms. The normalized spacial score (nSPS) is 16.1. The first-order valence-corrected chi connectivity index (χ1v) is 5.60. The minimum Gasteiger partial charge on any atom is -0.315 e. The van der Waals surface area contributed by atoms with Crippen molar-refractivity contribution in [3.8, 4) is 0 Å². The first kappa shape index (κ1) is 10.9. The quantitative estimate of drug-likeness (QED) is 0.884. The van der Waals surface area contributed by atoms with Gasteiger partial charge in [0.25, 0.3) is 0 Å². The predicted molar refractivity (Wildman–Crippen MR) is 61.5 cm³/mol. The third-order valence-electron chi connectivity index (χ3n) is 2.63. The molecule has 1 heterocycles. The number of hydrogen-bond acceptors (Lipinski definition) is 2. The molecule has 1 aliphatic heterocycles. The van der Waals surface area contributed by atoms with E-state index in [4.69, 9.17) is 23.2 Å². The summed E-state index contributed by atoms with van der Waals surface area (Å²) in [6.45, 7) is 1.58. The fourth-order valence-corrected chi connectivity index (χ4v) is 1.92. The van der Waals surface area contributed by atoms with Crippen molar-refractivity contribution < 1.29 is 4.79 Å². The number of carbonyl (C=O) groups is 1. The lowest BCUT2D eigenvalue weighted by atomic mass is 9.93. The van der Waals surface area contributed by atoms with Crippen molar-refractivity contribution in [3.63, 3.8) is 0 Å². The van der Waals surface area contributed by atoms with E-state index in [-0.39, 0.29) is 11.7 Å². The van der Waals surface area contributed by atoms with Gasteiger partial charge < -0.3 is 5.32 Å². The van der Waals surface area contributed by atoms with Crippen LogP contribution in [-0.2, 0) is 11.2 Å². The average Bonchev–Trinajstić information content (AvgIpc) is 2.10. The van der Waals surface area contributed by atoms with E-state index in [1.54, 1.807) is 6.07 Å². The average molecular weight is 244 g/mol. The third-order valence-corrected chi connectivity index (χ3v) is 3.49. The van der Waals surface area contributed by atoms with Crippen LogP contribution in [0.2, 0.25) is 10.0 Å². The standard InChI is InChI=1S/C11H11Cl2NO/c12-9-3-1-2-7(11(9)13)4-10(15)8-5-14-6-8/h1-3,8,14H,4-6H2. The molecular weight excluding hydrogens is 233 g/mol. The van der Waals surface area contributed by atoms with Crippen LogP contribution in [0, 0.1) is 5.92 Å². The number of Topliss-reactive ketones (excluding diaryl/α,β-unsaturated/α-hetero) is 1. The molecule has 1 saturated heterocycles. The van der Waals surface area contributed by atoms with Crippen LogP contribution in [0.25, 0.3) is 0 Å². The zero-order valence-corrected chi connectivity index (χ0v) is 9.61. The first-order valence-electron chi connectivity index (χ1n) is 4.85. The van der Waals surface area contributed by atoms with Gasteiger partial charge in [0.05, 0.1) is 10.0 Å². The Morgan fingerprint density at radius 3 is 2.73 bits per heavy atom. The van der Waals surface area contributed by atoms with Gasteiger partial charge in [0.1, 0.15) is 5.78 Å². The Morgan fingerprint density at radius 1 is 1.40 bits per heavy atom. The Balaban J connectivity index is 2.09. The second-order valence-corrected chi connectivity index (χ2v) is 4.50.